The van der Waals surface area contributed by atoms with Gasteiger partial charge in [-0.25, -0.2) is 4.79 Å². The monoisotopic (exact) mass is 294 g/mol. The highest BCUT2D eigenvalue weighted by Crippen LogP contribution is 2.11. The molecule has 0 bridgehead atoms. The Morgan fingerprint density at radius 3 is 2.67 bits per heavy atom. The first-order chi connectivity index (χ1) is 10.1. The van der Waals surface area contributed by atoms with Crippen LogP contribution in [0, 0.1) is 0 Å². The van der Waals surface area contributed by atoms with Crippen molar-refractivity contribution in [3.05, 3.63) is 29.8 Å². The van der Waals surface area contributed by atoms with Crippen LogP contribution in [-0.4, -0.2) is 53.9 Å². The molecule has 2 atom stereocenters. The van der Waals surface area contributed by atoms with Crippen molar-refractivity contribution in [2.24, 2.45) is 0 Å². The molecule has 0 spiro atoms. The third-order valence-corrected chi connectivity index (χ3v) is 3.21. The summed E-state index contributed by atoms with van der Waals surface area (Å²) in [6, 6.07) is 5.16. The molecule has 1 aliphatic heterocycles. The predicted octanol–water partition coefficient (Wildman–Crippen LogP) is -0.507. The highest BCUT2D eigenvalue weighted by molar-refractivity contribution is 5.86. The number of amides is 1. The molecule has 114 valence electrons. The van der Waals surface area contributed by atoms with Crippen molar-refractivity contribution in [3.63, 3.8) is 0 Å². The number of ether oxygens (including phenoxy) is 1. The predicted molar refractivity (Wildman–Crippen MR) is 74.0 cm³/mol. The van der Waals surface area contributed by atoms with Gasteiger partial charge < -0.3 is 25.6 Å². The second-order valence-corrected chi connectivity index (χ2v) is 4.83. The van der Waals surface area contributed by atoms with Gasteiger partial charge in [-0.1, -0.05) is 12.1 Å². The maximum Gasteiger partial charge on any atom is 0.326 e. The molecule has 0 radical (unpaired) electrons. The molecule has 0 aromatic heterocycles. The van der Waals surface area contributed by atoms with E-state index in [9.17, 15) is 19.8 Å². The van der Waals surface area contributed by atoms with Crippen LogP contribution >= 0.6 is 0 Å². The molecular weight excluding hydrogens is 276 g/mol. The van der Waals surface area contributed by atoms with Crippen molar-refractivity contribution < 1.29 is 24.5 Å². The standard InChI is InChI=1S/C14H18N2O5/c17-10-3-1-9(2-4-10)7-11(14(19)20)16-13(18)12-8-15-5-6-21-12/h1-4,11-12,15,17H,5-8H2,(H,16,18)(H,19,20). The van der Waals surface area contributed by atoms with Crippen LogP contribution in [0.15, 0.2) is 24.3 Å². The van der Waals surface area contributed by atoms with Gasteiger partial charge in [-0.15, -0.1) is 0 Å². The molecule has 1 aromatic carbocycles. The molecule has 1 fully saturated rings. The molecule has 1 aliphatic rings. The highest BCUT2D eigenvalue weighted by atomic mass is 16.5. The average molecular weight is 294 g/mol. The Kier molecular flexibility index (Phi) is 5.13. The van der Waals surface area contributed by atoms with Crippen molar-refractivity contribution >= 4 is 11.9 Å². The van der Waals surface area contributed by atoms with Crippen LogP contribution in [-0.2, 0) is 20.7 Å². The summed E-state index contributed by atoms with van der Waals surface area (Å²) in [5.41, 5.74) is 0.711. The summed E-state index contributed by atoms with van der Waals surface area (Å²) in [4.78, 5) is 23.2. The molecule has 1 aromatic rings. The van der Waals surface area contributed by atoms with Gasteiger partial charge in [0.2, 0.25) is 0 Å². The maximum absolute atomic E-state index is 12.0. The van der Waals surface area contributed by atoms with E-state index in [1.54, 1.807) is 12.1 Å². The largest absolute Gasteiger partial charge is 0.508 e. The smallest absolute Gasteiger partial charge is 0.326 e. The molecule has 7 heteroatoms. The van der Waals surface area contributed by atoms with Gasteiger partial charge in [0.1, 0.15) is 17.9 Å². The number of phenolic OH excluding ortho intramolecular Hbond substituents is 1. The van der Waals surface area contributed by atoms with Crippen LogP contribution in [0.4, 0.5) is 0 Å². The lowest BCUT2D eigenvalue weighted by atomic mass is 10.1. The molecular formula is C14H18N2O5. The number of carboxylic acids is 1. The Bertz CT molecular complexity index is 497. The topological polar surface area (TPSA) is 108 Å². The van der Waals surface area contributed by atoms with Gasteiger partial charge in [0, 0.05) is 19.5 Å². The lowest BCUT2D eigenvalue weighted by molar-refractivity contribution is -0.144. The maximum atomic E-state index is 12.0. The van der Waals surface area contributed by atoms with Gasteiger partial charge in [-0.3, -0.25) is 4.79 Å². The lowest BCUT2D eigenvalue weighted by Crippen LogP contribution is -2.52. The van der Waals surface area contributed by atoms with E-state index in [0.29, 0.717) is 25.3 Å². The molecule has 0 aliphatic carbocycles. The second-order valence-electron chi connectivity index (χ2n) is 4.83. The van der Waals surface area contributed by atoms with Gasteiger partial charge in [-0.05, 0) is 17.7 Å². The van der Waals surface area contributed by atoms with E-state index < -0.39 is 24.0 Å². The quantitative estimate of drug-likeness (QED) is 0.583. The van der Waals surface area contributed by atoms with Crippen LogP contribution in [0.1, 0.15) is 5.56 Å². The number of hydrogen-bond acceptors (Lipinski definition) is 5. The minimum Gasteiger partial charge on any atom is -0.508 e. The van der Waals surface area contributed by atoms with Gasteiger partial charge in [0.15, 0.2) is 0 Å². The number of aliphatic carboxylic acids is 1. The van der Waals surface area contributed by atoms with E-state index in [0.717, 1.165) is 0 Å². The Morgan fingerprint density at radius 2 is 2.10 bits per heavy atom. The number of rotatable bonds is 5. The van der Waals surface area contributed by atoms with Gasteiger partial charge >= 0.3 is 5.97 Å². The molecule has 0 saturated carbocycles. The van der Waals surface area contributed by atoms with E-state index >= 15 is 0 Å². The summed E-state index contributed by atoms with van der Waals surface area (Å²) in [6.07, 6.45) is -0.526. The first-order valence-electron chi connectivity index (χ1n) is 6.69. The number of carbonyl (C=O) groups excluding carboxylic acids is 1. The van der Waals surface area contributed by atoms with Crippen LogP contribution in [0.25, 0.3) is 0 Å². The fourth-order valence-corrected chi connectivity index (χ4v) is 2.07. The fraction of sp³-hybridized carbons (Fsp3) is 0.429. The molecule has 7 nitrogen and oxygen atoms in total. The fourth-order valence-electron chi connectivity index (χ4n) is 2.07. The van der Waals surface area contributed by atoms with Crippen molar-refractivity contribution in [2.45, 2.75) is 18.6 Å². The number of aromatic hydroxyl groups is 1. The first kappa shape index (κ1) is 15.3. The second kappa shape index (κ2) is 7.05. The van der Waals surface area contributed by atoms with Crippen molar-refractivity contribution in [2.75, 3.05) is 19.7 Å². The van der Waals surface area contributed by atoms with E-state index in [-0.39, 0.29) is 12.2 Å². The number of hydrogen-bond donors (Lipinski definition) is 4. The van der Waals surface area contributed by atoms with Crippen LogP contribution in [0.3, 0.4) is 0 Å². The normalized spacial score (nSPS) is 19.7. The molecule has 2 rings (SSSR count). The summed E-state index contributed by atoms with van der Waals surface area (Å²) >= 11 is 0. The van der Waals surface area contributed by atoms with Crippen molar-refractivity contribution in [3.8, 4) is 5.75 Å². The molecule has 2 unspecified atom stereocenters. The molecule has 1 saturated heterocycles. The Hall–Kier alpha value is -2.12. The number of phenols is 1. The molecule has 4 N–H and O–H groups in total. The van der Waals surface area contributed by atoms with Gasteiger partial charge in [-0.2, -0.15) is 0 Å². The number of carboxylic acid groups (broad SMARTS) is 1. The van der Waals surface area contributed by atoms with E-state index in [4.69, 9.17) is 4.74 Å². The molecule has 21 heavy (non-hydrogen) atoms. The zero-order valence-corrected chi connectivity index (χ0v) is 11.4. The summed E-state index contributed by atoms with van der Waals surface area (Å²) in [5.74, 6) is -1.44. The van der Waals surface area contributed by atoms with Crippen LogP contribution in [0.5, 0.6) is 5.75 Å². The third kappa shape index (κ3) is 4.44. The van der Waals surface area contributed by atoms with Crippen molar-refractivity contribution in [1.82, 2.24) is 10.6 Å². The Labute approximate surface area is 121 Å². The number of carbonyl (C=O) groups is 2. The number of morpholine rings is 1. The highest BCUT2D eigenvalue weighted by Gasteiger charge is 2.27. The van der Waals surface area contributed by atoms with Crippen LogP contribution < -0.4 is 10.6 Å². The molecule has 1 heterocycles. The summed E-state index contributed by atoms with van der Waals surface area (Å²) in [5, 5.41) is 23.9. The minimum absolute atomic E-state index is 0.108. The first-order valence-corrected chi connectivity index (χ1v) is 6.69. The summed E-state index contributed by atoms with van der Waals surface area (Å²) < 4.78 is 5.29. The molecule has 1 amide bonds. The summed E-state index contributed by atoms with van der Waals surface area (Å²) in [7, 11) is 0. The summed E-state index contributed by atoms with van der Waals surface area (Å²) in [6.45, 7) is 1.48. The lowest BCUT2D eigenvalue weighted by Gasteiger charge is -2.24. The van der Waals surface area contributed by atoms with Gasteiger partial charge in [0.05, 0.1) is 6.61 Å². The van der Waals surface area contributed by atoms with E-state index in [1.165, 1.54) is 12.1 Å². The Morgan fingerprint density at radius 1 is 1.38 bits per heavy atom. The van der Waals surface area contributed by atoms with Crippen molar-refractivity contribution in [1.29, 1.82) is 0 Å². The average Bonchev–Trinajstić information content (AvgIpc) is 2.49. The zero-order valence-electron chi connectivity index (χ0n) is 11.4. The van der Waals surface area contributed by atoms with E-state index in [1.807, 2.05) is 0 Å². The SMILES string of the molecule is O=C(O)C(Cc1ccc(O)cc1)NC(=O)C1CNCCO1. The third-order valence-electron chi connectivity index (χ3n) is 3.21. The number of benzene rings is 1. The van der Waals surface area contributed by atoms with E-state index in [2.05, 4.69) is 10.6 Å². The zero-order chi connectivity index (χ0) is 15.2. The minimum atomic E-state index is -1.11. The number of nitrogens with one attached hydrogen (secondary N) is 2. The van der Waals surface area contributed by atoms with Crippen LogP contribution in [0.2, 0.25) is 0 Å². The van der Waals surface area contributed by atoms with Gasteiger partial charge in [0.25, 0.3) is 5.91 Å². The Balaban J connectivity index is 1.96.